The first-order valence-corrected chi connectivity index (χ1v) is 5.39. The van der Waals surface area contributed by atoms with Crippen LogP contribution in [0.4, 0.5) is 8.78 Å². The molecule has 0 saturated carbocycles. The van der Waals surface area contributed by atoms with E-state index in [0.29, 0.717) is 23.5 Å². The highest BCUT2D eigenvalue weighted by atomic mass is 19.1. The smallest absolute Gasteiger partial charge is 0.127 e. The molecule has 84 valence electrons. The molecule has 1 aromatic rings. The lowest BCUT2D eigenvalue weighted by Gasteiger charge is -2.11. The first kappa shape index (κ1) is 12.2. The van der Waals surface area contributed by atoms with Gasteiger partial charge in [0.15, 0.2) is 0 Å². The summed E-state index contributed by atoms with van der Waals surface area (Å²) in [7, 11) is 0. The summed E-state index contributed by atoms with van der Waals surface area (Å²) in [6, 6.07) is 2.67. The maximum atomic E-state index is 13.6. The van der Waals surface area contributed by atoms with E-state index in [4.69, 9.17) is 0 Å². The molecule has 2 heteroatoms. The quantitative estimate of drug-likeness (QED) is 0.701. The molecular weight excluding hydrogens is 194 g/mol. The Morgan fingerprint density at radius 3 is 2.07 bits per heavy atom. The van der Waals surface area contributed by atoms with E-state index >= 15 is 0 Å². The highest BCUT2D eigenvalue weighted by Crippen LogP contribution is 2.23. The second kappa shape index (κ2) is 4.73. The Balaban J connectivity index is 3.08. The van der Waals surface area contributed by atoms with Gasteiger partial charge < -0.3 is 0 Å². The molecule has 0 heterocycles. The molecule has 0 aliphatic heterocycles. The maximum Gasteiger partial charge on any atom is 0.127 e. The molecule has 0 bridgehead atoms. The van der Waals surface area contributed by atoms with E-state index in [1.807, 2.05) is 27.7 Å². The van der Waals surface area contributed by atoms with Crippen LogP contribution in [0.25, 0.3) is 0 Å². The number of hydrogen-bond donors (Lipinski definition) is 0. The lowest BCUT2D eigenvalue weighted by molar-refractivity contribution is 0.545. The Kier molecular flexibility index (Phi) is 3.83. The van der Waals surface area contributed by atoms with Crippen LogP contribution in [0.1, 0.15) is 44.7 Å². The summed E-state index contributed by atoms with van der Waals surface area (Å²) in [4.78, 5) is 0. The Morgan fingerprint density at radius 2 is 1.60 bits per heavy atom. The average Bonchev–Trinajstić information content (AvgIpc) is 2.09. The van der Waals surface area contributed by atoms with Gasteiger partial charge in [-0.2, -0.15) is 0 Å². The lowest BCUT2D eigenvalue weighted by atomic mass is 9.96. The minimum Gasteiger partial charge on any atom is -0.207 e. The minimum atomic E-state index is -0.290. The number of benzene rings is 1. The molecule has 0 aliphatic rings. The van der Waals surface area contributed by atoms with Crippen LogP contribution in [-0.4, -0.2) is 0 Å². The van der Waals surface area contributed by atoms with Crippen molar-refractivity contribution >= 4 is 0 Å². The van der Waals surface area contributed by atoms with Crippen molar-refractivity contribution in [1.82, 2.24) is 0 Å². The first-order chi connectivity index (χ1) is 6.91. The number of hydrogen-bond acceptors (Lipinski definition) is 0. The van der Waals surface area contributed by atoms with Gasteiger partial charge in [-0.15, -0.1) is 0 Å². The fourth-order valence-corrected chi connectivity index (χ4v) is 1.64. The molecule has 0 nitrogen and oxygen atoms in total. The van der Waals surface area contributed by atoms with E-state index in [2.05, 4.69) is 0 Å². The molecule has 1 aromatic carbocycles. The van der Waals surface area contributed by atoms with Gasteiger partial charge in [-0.1, -0.05) is 27.7 Å². The molecule has 1 rings (SSSR count). The molecule has 0 amide bonds. The van der Waals surface area contributed by atoms with Crippen molar-refractivity contribution in [3.63, 3.8) is 0 Å². The van der Waals surface area contributed by atoms with Crippen molar-refractivity contribution in [3.05, 3.63) is 34.9 Å². The van der Waals surface area contributed by atoms with Crippen LogP contribution in [0.2, 0.25) is 0 Å². The van der Waals surface area contributed by atoms with Crippen molar-refractivity contribution in [1.29, 1.82) is 0 Å². The van der Waals surface area contributed by atoms with Crippen LogP contribution in [0.3, 0.4) is 0 Å². The van der Waals surface area contributed by atoms with Crippen LogP contribution in [0.15, 0.2) is 12.1 Å². The van der Waals surface area contributed by atoms with E-state index < -0.39 is 0 Å². The molecule has 0 fully saturated rings. The Labute approximate surface area is 90.3 Å². The molecule has 0 atom stereocenters. The van der Waals surface area contributed by atoms with Crippen LogP contribution in [-0.2, 0) is 6.42 Å². The van der Waals surface area contributed by atoms with Crippen molar-refractivity contribution in [2.75, 3.05) is 0 Å². The predicted octanol–water partition coefficient (Wildman–Crippen LogP) is 4.29. The molecular formula is C13H18F2. The molecule has 0 aliphatic carbocycles. The number of rotatable bonds is 3. The molecule has 0 unspecified atom stereocenters. The molecule has 0 saturated heterocycles. The van der Waals surface area contributed by atoms with E-state index in [-0.39, 0.29) is 17.6 Å². The third-order valence-electron chi connectivity index (χ3n) is 2.42. The summed E-state index contributed by atoms with van der Waals surface area (Å²) in [5.74, 6) is -0.216. The second-order valence-electron chi connectivity index (χ2n) is 4.72. The molecule has 15 heavy (non-hydrogen) atoms. The fourth-order valence-electron chi connectivity index (χ4n) is 1.64. The van der Waals surface area contributed by atoms with Gasteiger partial charge in [0, 0.05) is 0 Å². The van der Waals surface area contributed by atoms with Crippen LogP contribution < -0.4 is 0 Å². The molecule has 0 N–H and O–H groups in total. The van der Waals surface area contributed by atoms with Gasteiger partial charge in [0.2, 0.25) is 0 Å². The third kappa shape index (κ3) is 3.01. The topological polar surface area (TPSA) is 0 Å². The third-order valence-corrected chi connectivity index (χ3v) is 2.42. The van der Waals surface area contributed by atoms with Gasteiger partial charge in [0.1, 0.15) is 11.6 Å². The monoisotopic (exact) mass is 212 g/mol. The van der Waals surface area contributed by atoms with Gasteiger partial charge in [-0.25, -0.2) is 8.78 Å². The summed E-state index contributed by atoms with van der Waals surface area (Å²) in [6.07, 6.45) is 0.584. The Bertz CT molecular complexity index is 341. The van der Waals surface area contributed by atoms with E-state index in [0.717, 1.165) is 0 Å². The van der Waals surface area contributed by atoms with E-state index in [1.54, 1.807) is 0 Å². The second-order valence-corrected chi connectivity index (χ2v) is 4.72. The average molecular weight is 212 g/mol. The van der Waals surface area contributed by atoms with Crippen molar-refractivity contribution in [2.45, 2.75) is 40.0 Å². The molecule has 0 spiro atoms. The molecule has 0 aromatic heterocycles. The van der Waals surface area contributed by atoms with Gasteiger partial charge in [-0.05, 0) is 41.5 Å². The summed E-state index contributed by atoms with van der Waals surface area (Å²) in [6.45, 7) is 7.71. The summed E-state index contributed by atoms with van der Waals surface area (Å²) in [5.41, 5.74) is 0.937. The zero-order valence-electron chi connectivity index (χ0n) is 9.77. The van der Waals surface area contributed by atoms with Gasteiger partial charge in [0.25, 0.3) is 0 Å². The Hall–Kier alpha value is -0.920. The minimum absolute atomic E-state index is 0.0209. The zero-order valence-corrected chi connectivity index (χ0v) is 9.77. The zero-order chi connectivity index (χ0) is 11.6. The normalized spacial score (nSPS) is 11.5. The highest BCUT2D eigenvalue weighted by Gasteiger charge is 2.13. The largest absolute Gasteiger partial charge is 0.207 e. The predicted molar refractivity (Wildman–Crippen MR) is 59.0 cm³/mol. The Morgan fingerprint density at radius 1 is 1.00 bits per heavy atom. The SMILES string of the molecule is CC(C)Cc1cc(F)c(C(C)C)cc1F. The number of halogens is 2. The van der Waals surface area contributed by atoms with Crippen LogP contribution >= 0.6 is 0 Å². The van der Waals surface area contributed by atoms with Gasteiger partial charge in [-0.3, -0.25) is 0 Å². The van der Waals surface area contributed by atoms with Crippen molar-refractivity contribution in [2.24, 2.45) is 5.92 Å². The van der Waals surface area contributed by atoms with E-state index in [9.17, 15) is 8.78 Å². The van der Waals surface area contributed by atoms with Gasteiger partial charge >= 0.3 is 0 Å². The van der Waals surface area contributed by atoms with Crippen molar-refractivity contribution < 1.29 is 8.78 Å². The van der Waals surface area contributed by atoms with Crippen LogP contribution in [0.5, 0.6) is 0 Å². The summed E-state index contributed by atoms with van der Waals surface area (Å²) < 4.78 is 27.1. The first-order valence-electron chi connectivity index (χ1n) is 5.39. The molecule has 0 radical (unpaired) electrons. The standard InChI is InChI=1S/C13H18F2/c1-8(2)5-10-6-13(15)11(9(3)4)7-12(10)14/h6-9H,5H2,1-4H3. The maximum absolute atomic E-state index is 13.6. The van der Waals surface area contributed by atoms with E-state index in [1.165, 1.54) is 12.1 Å². The van der Waals surface area contributed by atoms with Crippen molar-refractivity contribution in [3.8, 4) is 0 Å². The van der Waals surface area contributed by atoms with Crippen LogP contribution in [0, 0.1) is 17.6 Å². The highest BCUT2D eigenvalue weighted by molar-refractivity contribution is 5.28. The van der Waals surface area contributed by atoms with Gasteiger partial charge in [0.05, 0.1) is 0 Å². The summed E-state index contributed by atoms with van der Waals surface area (Å²) >= 11 is 0. The lowest BCUT2D eigenvalue weighted by Crippen LogP contribution is -2.02. The fraction of sp³-hybridized carbons (Fsp3) is 0.538. The summed E-state index contributed by atoms with van der Waals surface area (Å²) in [5, 5.41) is 0.